The smallest absolute Gasteiger partial charge is 0.263 e. The van der Waals surface area contributed by atoms with Crippen LogP contribution in [0.1, 0.15) is 6.92 Å². The molecule has 7 heteroatoms. The number of hydrogen-bond donors (Lipinski definition) is 2. The van der Waals surface area contributed by atoms with Crippen molar-refractivity contribution in [2.45, 2.75) is 11.8 Å². The molecule has 0 saturated carbocycles. The van der Waals surface area contributed by atoms with Gasteiger partial charge in [-0.2, -0.15) is 0 Å². The summed E-state index contributed by atoms with van der Waals surface area (Å²) in [6, 6.07) is 9.65. The highest BCUT2D eigenvalue weighted by molar-refractivity contribution is 7.92. The van der Waals surface area contributed by atoms with E-state index in [0.717, 1.165) is 18.2 Å². The van der Waals surface area contributed by atoms with Gasteiger partial charge in [-0.3, -0.25) is 4.72 Å². The van der Waals surface area contributed by atoms with Crippen LogP contribution in [0.3, 0.4) is 0 Å². The van der Waals surface area contributed by atoms with Crippen LogP contribution in [0.4, 0.5) is 15.8 Å². The number of rotatable bonds is 5. The third-order valence-electron chi connectivity index (χ3n) is 2.66. The standard InChI is InChI=1S/C14H15FN2O3S/c1-2-20-12-5-3-4-11(9-12)17-21(18,19)14-7-6-10(15)8-13(14)16/h3-9,17H,2,16H2,1H3. The molecule has 0 fully saturated rings. The van der Waals surface area contributed by atoms with Crippen LogP contribution >= 0.6 is 0 Å². The lowest BCUT2D eigenvalue weighted by Crippen LogP contribution is -2.15. The Morgan fingerprint density at radius 2 is 2.00 bits per heavy atom. The minimum absolute atomic E-state index is 0.150. The van der Waals surface area contributed by atoms with Gasteiger partial charge in [0.25, 0.3) is 10.0 Å². The summed E-state index contributed by atoms with van der Waals surface area (Å²) in [6.45, 7) is 2.30. The predicted molar refractivity (Wildman–Crippen MR) is 79.2 cm³/mol. The van der Waals surface area contributed by atoms with Crippen LogP contribution in [0.5, 0.6) is 5.75 Å². The Hall–Kier alpha value is -2.28. The number of ether oxygens (including phenoxy) is 1. The maximum absolute atomic E-state index is 13.0. The summed E-state index contributed by atoms with van der Waals surface area (Å²) in [6.07, 6.45) is 0. The third-order valence-corrected chi connectivity index (χ3v) is 4.11. The van der Waals surface area contributed by atoms with E-state index in [9.17, 15) is 12.8 Å². The second-order valence-corrected chi connectivity index (χ2v) is 5.90. The zero-order valence-corrected chi connectivity index (χ0v) is 12.2. The first-order valence-electron chi connectivity index (χ1n) is 6.23. The molecular weight excluding hydrogens is 295 g/mol. The van der Waals surface area contributed by atoms with E-state index in [1.54, 1.807) is 24.3 Å². The van der Waals surface area contributed by atoms with Gasteiger partial charge in [-0.1, -0.05) is 6.07 Å². The van der Waals surface area contributed by atoms with Gasteiger partial charge in [0.05, 0.1) is 18.0 Å². The quantitative estimate of drug-likeness (QED) is 0.832. The van der Waals surface area contributed by atoms with Gasteiger partial charge in [0.1, 0.15) is 16.5 Å². The molecule has 2 aromatic carbocycles. The number of nitrogens with two attached hydrogens (primary N) is 1. The Balaban J connectivity index is 2.31. The van der Waals surface area contributed by atoms with Crippen LogP contribution in [-0.2, 0) is 10.0 Å². The molecule has 0 bridgehead atoms. The van der Waals surface area contributed by atoms with Gasteiger partial charge in [-0.25, -0.2) is 12.8 Å². The SMILES string of the molecule is CCOc1cccc(NS(=O)(=O)c2ccc(F)cc2N)c1. The molecule has 0 aliphatic carbocycles. The summed E-state index contributed by atoms with van der Waals surface area (Å²) in [5.41, 5.74) is 5.74. The van der Waals surface area contributed by atoms with E-state index >= 15 is 0 Å². The highest BCUT2D eigenvalue weighted by Gasteiger charge is 2.18. The molecule has 0 aliphatic heterocycles. The highest BCUT2D eigenvalue weighted by Crippen LogP contribution is 2.24. The first kappa shape index (κ1) is 15.1. The number of hydrogen-bond acceptors (Lipinski definition) is 4. The number of sulfonamides is 1. The summed E-state index contributed by atoms with van der Waals surface area (Å²) in [5.74, 6) is -0.0467. The van der Waals surface area contributed by atoms with Crippen LogP contribution in [0.2, 0.25) is 0 Å². The Morgan fingerprint density at radius 3 is 2.67 bits per heavy atom. The van der Waals surface area contributed by atoms with Crippen molar-refractivity contribution >= 4 is 21.4 Å². The molecule has 0 unspecified atom stereocenters. The highest BCUT2D eigenvalue weighted by atomic mass is 32.2. The monoisotopic (exact) mass is 310 g/mol. The van der Waals surface area contributed by atoms with E-state index in [1.807, 2.05) is 6.92 Å². The lowest BCUT2D eigenvalue weighted by atomic mass is 10.3. The molecule has 0 saturated heterocycles. The van der Waals surface area contributed by atoms with Crippen LogP contribution in [0.25, 0.3) is 0 Å². The maximum Gasteiger partial charge on any atom is 0.263 e. The molecule has 5 nitrogen and oxygen atoms in total. The van der Waals surface area contributed by atoms with Crippen molar-refractivity contribution in [1.82, 2.24) is 0 Å². The Labute approximate surface area is 122 Å². The number of benzene rings is 2. The van der Waals surface area contributed by atoms with Crippen molar-refractivity contribution in [2.75, 3.05) is 17.1 Å². The summed E-state index contributed by atoms with van der Waals surface area (Å²) in [4.78, 5) is -0.175. The number of halogens is 1. The zero-order chi connectivity index (χ0) is 15.5. The number of nitrogen functional groups attached to an aromatic ring is 1. The minimum atomic E-state index is -3.89. The van der Waals surface area contributed by atoms with Gasteiger partial charge < -0.3 is 10.5 Å². The van der Waals surface area contributed by atoms with Gasteiger partial charge >= 0.3 is 0 Å². The normalized spacial score (nSPS) is 11.1. The molecule has 0 spiro atoms. The molecule has 0 heterocycles. The third kappa shape index (κ3) is 3.63. The fourth-order valence-electron chi connectivity index (χ4n) is 1.79. The average molecular weight is 310 g/mol. The molecule has 0 amide bonds. The van der Waals surface area contributed by atoms with Crippen LogP contribution < -0.4 is 15.2 Å². The molecule has 0 atom stereocenters. The molecule has 112 valence electrons. The van der Waals surface area contributed by atoms with Crippen molar-refractivity contribution in [2.24, 2.45) is 0 Å². The topological polar surface area (TPSA) is 81.4 Å². The molecule has 2 aromatic rings. The molecule has 0 aromatic heterocycles. The van der Waals surface area contributed by atoms with E-state index in [1.165, 1.54) is 0 Å². The molecule has 0 aliphatic rings. The lowest BCUT2D eigenvalue weighted by Gasteiger charge is -2.11. The van der Waals surface area contributed by atoms with E-state index in [2.05, 4.69) is 4.72 Å². The summed E-state index contributed by atoms with van der Waals surface area (Å²) < 4.78 is 45.2. The van der Waals surface area contributed by atoms with Gasteiger partial charge in [0, 0.05) is 6.07 Å². The molecular formula is C14H15FN2O3S. The van der Waals surface area contributed by atoms with E-state index in [-0.39, 0.29) is 10.6 Å². The van der Waals surface area contributed by atoms with Crippen LogP contribution in [0, 0.1) is 5.82 Å². The fraction of sp³-hybridized carbons (Fsp3) is 0.143. The Bertz CT molecular complexity index is 748. The first-order chi connectivity index (χ1) is 9.92. The van der Waals surface area contributed by atoms with Gasteiger partial charge in [0.2, 0.25) is 0 Å². The molecule has 21 heavy (non-hydrogen) atoms. The summed E-state index contributed by atoms with van der Waals surface area (Å²) in [7, 11) is -3.89. The van der Waals surface area contributed by atoms with Crippen molar-refractivity contribution in [1.29, 1.82) is 0 Å². The molecule has 3 N–H and O–H groups in total. The molecule has 2 rings (SSSR count). The van der Waals surface area contributed by atoms with Crippen molar-refractivity contribution < 1.29 is 17.5 Å². The zero-order valence-electron chi connectivity index (χ0n) is 11.3. The van der Waals surface area contributed by atoms with Crippen LogP contribution in [0.15, 0.2) is 47.4 Å². The van der Waals surface area contributed by atoms with Crippen LogP contribution in [-0.4, -0.2) is 15.0 Å². The van der Waals surface area contributed by atoms with Gasteiger partial charge in [-0.05, 0) is 37.3 Å². The predicted octanol–water partition coefficient (Wildman–Crippen LogP) is 2.61. The van der Waals surface area contributed by atoms with E-state index in [0.29, 0.717) is 18.0 Å². The van der Waals surface area contributed by atoms with E-state index < -0.39 is 15.8 Å². The maximum atomic E-state index is 13.0. The second kappa shape index (κ2) is 6.01. The van der Waals surface area contributed by atoms with E-state index in [4.69, 9.17) is 10.5 Å². The Morgan fingerprint density at radius 1 is 1.24 bits per heavy atom. The van der Waals surface area contributed by atoms with Crippen molar-refractivity contribution in [3.8, 4) is 5.75 Å². The van der Waals surface area contributed by atoms with Crippen molar-refractivity contribution in [3.05, 3.63) is 48.3 Å². The first-order valence-corrected chi connectivity index (χ1v) is 7.71. The van der Waals surface area contributed by atoms with Gasteiger partial charge in [0.15, 0.2) is 0 Å². The average Bonchev–Trinajstić information content (AvgIpc) is 2.38. The summed E-state index contributed by atoms with van der Waals surface area (Å²) in [5, 5.41) is 0. The lowest BCUT2D eigenvalue weighted by molar-refractivity contribution is 0.340. The number of anilines is 2. The molecule has 0 radical (unpaired) electrons. The largest absolute Gasteiger partial charge is 0.494 e. The Kier molecular flexibility index (Phi) is 4.32. The minimum Gasteiger partial charge on any atom is -0.494 e. The summed E-state index contributed by atoms with van der Waals surface area (Å²) >= 11 is 0. The van der Waals surface area contributed by atoms with Gasteiger partial charge in [-0.15, -0.1) is 0 Å². The number of nitrogens with one attached hydrogen (secondary N) is 1. The fourth-order valence-corrected chi connectivity index (χ4v) is 2.95. The second-order valence-electron chi connectivity index (χ2n) is 4.25. The van der Waals surface area contributed by atoms with Crippen molar-refractivity contribution in [3.63, 3.8) is 0 Å².